The number of amides is 2. The molecule has 0 bridgehead atoms. The topological polar surface area (TPSA) is 132 Å². The molecule has 3 rings (SSSR count). The predicted molar refractivity (Wildman–Crippen MR) is 111 cm³/mol. The van der Waals surface area contributed by atoms with Crippen LogP contribution in [0.5, 0.6) is 5.75 Å². The molecule has 0 atom stereocenters. The van der Waals surface area contributed by atoms with Gasteiger partial charge in [0, 0.05) is 17.5 Å². The smallest absolute Gasteiger partial charge is 0.291 e. The molecule has 0 unspecified atom stereocenters. The second-order valence-electron chi connectivity index (χ2n) is 6.89. The van der Waals surface area contributed by atoms with Crippen molar-refractivity contribution in [3.05, 3.63) is 52.5 Å². The third-order valence-corrected chi connectivity index (χ3v) is 4.97. The highest BCUT2D eigenvalue weighted by Gasteiger charge is 2.30. The number of carbonyl (C=O) groups excluding carboxylic acids is 2. The highest BCUT2D eigenvalue weighted by molar-refractivity contribution is 6.07. The van der Waals surface area contributed by atoms with E-state index in [1.807, 2.05) is 12.1 Å². The molecule has 1 aliphatic rings. The number of benzene rings is 1. The Labute approximate surface area is 179 Å². The van der Waals surface area contributed by atoms with Crippen LogP contribution in [0.4, 0.5) is 0 Å². The van der Waals surface area contributed by atoms with Gasteiger partial charge in [0.15, 0.2) is 5.76 Å². The second kappa shape index (κ2) is 9.59. The molecule has 158 valence electrons. The molecule has 2 amide bonds. The number of hydrogen-bond donors (Lipinski definition) is 1. The molecule has 0 fully saturated rings. The van der Waals surface area contributed by atoms with Gasteiger partial charge in [0.05, 0.1) is 30.5 Å². The van der Waals surface area contributed by atoms with Gasteiger partial charge in [-0.25, -0.2) is 5.43 Å². The van der Waals surface area contributed by atoms with Crippen LogP contribution in [0.25, 0.3) is 0 Å². The van der Waals surface area contributed by atoms with Gasteiger partial charge in [0.25, 0.3) is 11.8 Å². The van der Waals surface area contributed by atoms with Crippen molar-refractivity contribution >= 4 is 17.5 Å². The van der Waals surface area contributed by atoms with Crippen LogP contribution in [0.3, 0.4) is 0 Å². The summed E-state index contributed by atoms with van der Waals surface area (Å²) < 4.78 is 11.0. The minimum atomic E-state index is -0.521. The van der Waals surface area contributed by atoms with Crippen LogP contribution in [-0.2, 0) is 6.42 Å². The number of methoxy groups -OCH3 is 1. The lowest BCUT2D eigenvalue weighted by molar-refractivity contribution is 0.0760. The van der Waals surface area contributed by atoms with Crippen LogP contribution in [0.15, 0.2) is 33.8 Å². The zero-order valence-electron chi connectivity index (χ0n) is 17.3. The van der Waals surface area contributed by atoms with Crippen molar-refractivity contribution in [2.45, 2.75) is 26.2 Å². The molecular weight excluding hydrogens is 398 g/mol. The lowest BCUT2D eigenvalue weighted by Gasteiger charge is -2.14. The number of furan rings is 1. The van der Waals surface area contributed by atoms with Gasteiger partial charge < -0.3 is 14.1 Å². The third-order valence-electron chi connectivity index (χ3n) is 4.97. The van der Waals surface area contributed by atoms with E-state index < -0.39 is 11.8 Å². The van der Waals surface area contributed by atoms with Crippen molar-refractivity contribution in [1.82, 2.24) is 10.3 Å². The van der Waals surface area contributed by atoms with Gasteiger partial charge in [0.2, 0.25) is 0 Å². The quantitative estimate of drug-likeness (QED) is 0.565. The number of ether oxygens (including phenoxy) is 1. The maximum Gasteiger partial charge on any atom is 0.291 e. The normalized spacial score (nSPS) is 13.6. The van der Waals surface area contributed by atoms with Gasteiger partial charge in [-0.3, -0.25) is 9.59 Å². The maximum absolute atomic E-state index is 12.8. The van der Waals surface area contributed by atoms with Crippen LogP contribution < -0.4 is 10.2 Å². The number of hydrogen-bond acceptors (Lipinski definition) is 7. The molecule has 31 heavy (non-hydrogen) atoms. The zero-order chi connectivity index (χ0) is 22.4. The number of nitriles is 2. The largest absolute Gasteiger partial charge is 0.496 e. The van der Waals surface area contributed by atoms with E-state index in [1.165, 1.54) is 7.11 Å². The summed E-state index contributed by atoms with van der Waals surface area (Å²) in [7, 11) is 1.49. The summed E-state index contributed by atoms with van der Waals surface area (Å²) in [4.78, 5) is 26.5. The van der Waals surface area contributed by atoms with Crippen LogP contribution in [0, 0.1) is 29.6 Å². The lowest BCUT2D eigenvalue weighted by Crippen LogP contribution is -2.32. The van der Waals surface area contributed by atoms with Crippen LogP contribution in [-0.4, -0.2) is 42.6 Å². The van der Waals surface area contributed by atoms with Crippen molar-refractivity contribution in [3.63, 3.8) is 0 Å². The summed E-state index contributed by atoms with van der Waals surface area (Å²) >= 11 is 0. The summed E-state index contributed by atoms with van der Waals surface area (Å²) in [6, 6.07) is 10.6. The first-order valence-corrected chi connectivity index (χ1v) is 9.67. The highest BCUT2D eigenvalue weighted by Crippen LogP contribution is 2.30. The van der Waals surface area contributed by atoms with Crippen molar-refractivity contribution < 1.29 is 18.7 Å². The maximum atomic E-state index is 12.8. The summed E-state index contributed by atoms with van der Waals surface area (Å²) in [6.45, 7) is 1.30. The molecule has 1 aromatic carbocycles. The lowest BCUT2D eigenvalue weighted by atomic mass is 9.93. The van der Waals surface area contributed by atoms with E-state index in [-0.39, 0.29) is 18.8 Å². The van der Waals surface area contributed by atoms with Crippen LogP contribution >= 0.6 is 0 Å². The van der Waals surface area contributed by atoms with E-state index in [4.69, 9.17) is 19.7 Å². The van der Waals surface area contributed by atoms with Crippen LogP contribution in [0.2, 0.25) is 0 Å². The second-order valence-corrected chi connectivity index (χ2v) is 6.89. The molecule has 0 radical (unpaired) electrons. The fourth-order valence-corrected chi connectivity index (χ4v) is 3.51. The first-order valence-electron chi connectivity index (χ1n) is 9.67. The molecule has 1 aliphatic carbocycles. The van der Waals surface area contributed by atoms with E-state index in [0.29, 0.717) is 46.8 Å². The Balaban J connectivity index is 1.89. The number of rotatable bonds is 6. The van der Waals surface area contributed by atoms with Gasteiger partial charge in [-0.15, -0.1) is 0 Å². The number of nitrogens with one attached hydrogen (secondary N) is 1. The molecule has 2 aromatic rings. The standard InChI is InChI=1S/C22H21N5O4/c1-14-19-16(25-26-21(28)15-6-3-4-8-17(15)30-2)7-5-9-18(19)31-20(14)22(29)27(12-10-23)13-11-24/h3-4,6,8H,5,7,9,12-13H2,1-2H3,(H,26,28)/b25-16+. The number of hydrazone groups is 1. The van der Waals surface area contributed by atoms with Gasteiger partial charge in [-0.2, -0.15) is 15.6 Å². The summed E-state index contributed by atoms with van der Waals surface area (Å²) in [6.07, 6.45) is 1.98. The molecule has 9 heteroatoms. The molecule has 1 heterocycles. The number of aryl methyl sites for hydroxylation is 1. The monoisotopic (exact) mass is 419 g/mol. The zero-order valence-corrected chi connectivity index (χ0v) is 17.3. The average Bonchev–Trinajstić information content (AvgIpc) is 3.13. The molecule has 9 nitrogen and oxygen atoms in total. The fraction of sp³-hybridized carbons (Fsp3) is 0.318. The van der Waals surface area contributed by atoms with E-state index in [1.54, 1.807) is 31.2 Å². The van der Waals surface area contributed by atoms with Crippen molar-refractivity contribution in [1.29, 1.82) is 10.5 Å². The average molecular weight is 419 g/mol. The molecule has 1 aromatic heterocycles. The molecule has 0 spiro atoms. The molecular formula is C22H21N5O4. The Morgan fingerprint density at radius 2 is 1.94 bits per heavy atom. The first kappa shape index (κ1) is 21.6. The van der Waals surface area contributed by atoms with Crippen molar-refractivity contribution in [2.75, 3.05) is 20.2 Å². The minimum absolute atomic E-state index is 0.0844. The molecule has 0 saturated carbocycles. The van der Waals surface area contributed by atoms with E-state index >= 15 is 0 Å². The van der Waals surface area contributed by atoms with Gasteiger partial charge in [-0.05, 0) is 31.9 Å². The van der Waals surface area contributed by atoms with Gasteiger partial charge in [0.1, 0.15) is 24.6 Å². The predicted octanol–water partition coefficient (Wildman–Crippen LogP) is 2.56. The summed E-state index contributed by atoms with van der Waals surface area (Å²) in [5.41, 5.74) is 4.78. The number of para-hydroxylation sites is 1. The first-order chi connectivity index (χ1) is 15.0. The highest BCUT2D eigenvalue weighted by atomic mass is 16.5. The SMILES string of the molecule is COc1ccccc1C(=O)N/N=C1\CCCc2oc(C(=O)N(CC#N)CC#N)c(C)c21. The van der Waals surface area contributed by atoms with E-state index in [9.17, 15) is 9.59 Å². The minimum Gasteiger partial charge on any atom is -0.496 e. The van der Waals surface area contributed by atoms with Gasteiger partial charge in [-0.1, -0.05) is 12.1 Å². The summed E-state index contributed by atoms with van der Waals surface area (Å²) in [5, 5.41) is 22.2. The van der Waals surface area contributed by atoms with Gasteiger partial charge >= 0.3 is 0 Å². The van der Waals surface area contributed by atoms with E-state index in [2.05, 4.69) is 10.5 Å². The summed E-state index contributed by atoms with van der Waals surface area (Å²) in [5.74, 6) is 0.190. The fourth-order valence-electron chi connectivity index (χ4n) is 3.51. The number of carbonyl (C=O) groups is 2. The Morgan fingerprint density at radius 3 is 2.61 bits per heavy atom. The van der Waals surface area contributed by atoms with Crippen molar-refractivity contribution in [3.8, 4) is 17.9 Å². The Bertz CT molecular complexity index is 1100. The third kappa shape index (κ3) is 4.41. The number of fused-ring (bicyclic) bond motifs is 1. The number of nitrogens with zero attached hydrogens (tertiary/aromatic N) is 4. The Hall–Kier alpha value is -4.11. The molecule has 1 N–H and O–H groups in total. The Morgan fingerprint density at radius 1 is 1.23 bits per heavy atom. The van der Waals surface area contributed by atoms with Crippen molar-refractivity contribution in [2.24, 2.45) is 5.10 Å². The van der Waals surface area contributed by atoms with Crippen LogP contribution in [0.1, 0.15) is 50.6 Å². The molecule has 0 aliphatic heterocycles. The van der Waals surface area contributed by atoms with E-state index in [0.717, 1.165) is 11.3 Å². The Kier molecular flexibility index (Phi) is 6.68. The molecule has 0 saturated heterocycles.